The molecule has 0 aliphatic carbocycles. The van der Waals surface area contributed by atoms with Gasteiger partial charge in [-0.1, -0.05) is 24.6 Å². The highest BCUT2D eigenvalue weighted by Gasteiger charge is 2.13. The van der Waals surface area contributed by atoms with Gasteiger partial charge in [-0.25, -0.2) is 4.98 Å². The number of benzene rings is 1. The number of rotatable bonds is 2. The van der Waals surface area contributed by atoms with Crippen LogP contribution in [-0.2, 0) is 6.42 Å². The number of H-pyrrole nitrogens is 1. The Labute approximate surface area is 126 Å². The molecule has 0 spiro atoms. The summed E-state index contributed by atoms with van der Waals surface area (Å²) in [5.41, 5.74) is 5.35. The number of hydrogen-bond acceptors (Lipinski definition) is 2. The second kappa shape index (κ2) is 5.45. The molecule has 1 aromatic carbocycles. The Balaban J connectivity index is 2.73. The van der Waals surface area contributed by atoms with Gasteiger partial charge in [-0.05, 0) is 60.9 Å². The molecule has 0 aliphatic heterocycles. The maximum absolute atomic E-state index is 12.0. The normalized spacial score (nSPS) is 10.8. The summed E-state index contributed by atoms with van der Waals surface area (Å²) in [7, 11) is 0. The second-order valence-corrected chi connectivity index (χ2v) is 5.88. The summed E-state index contributed by atoms with van der Waals surface area (Å²) in [6, 6.07) is 4.23. The fourth-order valence-electron chi connectivity index (χ4n) is 2.41. The lowest BCUT2D eigenvalue weighted by atomic mass is 9.99. The zero-order chi connectivity index (χ0) is 14.2. The van der Waals surface area contributed by atoms with Crippen LogP contribution in [-0.4, -0.2) is 9.97 Å². The van der Waals surface area contributed by atoms with Crippen LogP contribution in [0.15, 0.2) is 16.9 Å². The van der Waals surface area contributed by atoms with Crippen LogP contribution in [0.2, 0.25) is 0 Å². The number of halogens is 1. The van der Waals surface area contributed by atoms with Gasteiger partial charge in [0.05, 0.1) is 9.26 Å². The number of aromatic amines is 1. The van der Waals surface area contributed by atoms with Crippen molar-refractivity contribution in [3.8, 4) is 11.4 Å². The predicted molar refractivity (Wildman–Crippen MR) is 86.6 cm³/mol. The summed E-state index contributed by atoms with van der Waals surface area (Å²) >= 11 is 2.06. The molecule has 0 saturated heterocycles. The van der Waals surface area contributed by atoms with Gasteiger partial charge >= 0.3 is 0 Å². The molecular weight excluding hydrogens is 351 g/mol. The SMILES string of the molecule is CCc1nc(-c2c(C)cc(C)cc2C)[nH]c(=O)c1I. The van der Waals surface area contributed by atoms with E-state index in [1.54, 1.807) is 0 Å². The number of nitrogens with one attached hydrogen (secondary N) is 1. The highest BCUT2D eigenvalue weighted by atomic mass is 127. The van der Waals surface area contributed by atoms with Crippen LogP contribution in [0.4, 0.5) is 0 Å². The van der Waals surface area contributed by atoms with E-state index in [1.807, 2.05) is 6.92 Å². The predicted octanol–water partition coefficient (Wildman–Crippen LogP) is 3.53. The van der Waals surface area contributed by atoms with Crippen molar-refractivity contribution in [1.82, 2.24) is 9.97 Å². The minimum atomic E-state index is -0.0539. The van der Waals surface area contributed by atoms with Gasteiger partial charge < -0.3 is 4.98 Å². The summed E-state index contributed by atoms with van der Waals surface area (Å²) in [6.07, 6.45) is 0.763. The van der Waals surface area contributed by atoms with Crippen molar-refractivity contribution >= 4 is 22.6 Å². The van der Waals surface area contributed by atoms with Crippen LogP contribution < -0.4 is 5.56 Å². The van der Waals surface area contributed by atoms with E-state index in [4.69, 9.17) is 0 Å². The van der Waals surface area contributed by atoms with E-state index in [0.29, 0.717) is 9.39 Å². The van der Waals surface area contributed by atoms with Crippen LogP contribution in [0.1, 0.15) is 29.3 Å². The lowest BCUT2D eigenvalue weighted by Gasteiger charge is -2.12. The van der Waals surface area contributed by atoms with E-state index in [-0.39, 0.29) is 5.56 Å². The lowest BCUT2D eigenvalue weighted by molar-refractivity contribution is 0.965. The van der Waals surface area contributed by atoms with E-state index < -0.39 is 0 Å². The summed E-state index contributed by atoms with van der Waals surface area (Å²) in [4.78, 5) is 19.5. The monoisotopic (exact) mass is 368 g/mol. The van der Waals surface area contributed by atoms with Crippen LogP contribution in [0.5, 0.6) is 0 Å². The molecule has 1 N–H and O–H groups in total. The quantitative estimate of drug-likeness (QED) is 0.825. The Kier molecular flexibility index (Phi) is 4.08. The van der Waals surface area contributed by atoms with E-state index in [1.165, 1.54) is 5.56 Å². The minimum absolute atomic E-state index is 0.0539. The smallest absolute Gasteiger partial charge is 0.264 e. The van der Waals surface area contributed by atoms with Gasteiger partial charge in [0.25, 0.3) is 5.56 Å². The Morgan fingerprint density at radius 1 is 1.21 bits per heavy atom. The first-order valence-electron chi connectivity index (χ1n) is 6.31. The molecule has 0 amide bonds. The van der Waals surface area contributed by atoms with Crippen LogP contribution >= 0.6 is 22.6 Å². The zero-order valence-electron chi connectivity index (χ0n) is 11.6. The number of nitrogens with zero attached hydrogens (tertiary/aromatic N) is 1. The topological polar surface area (TPSA) is 45.8 Å². The summed E-state index contributed by atoms with van der Waals surface area (Å²) in [5, 5.41) is 0. The van der Waals surface area contributed by atoms with Crippen molar-refractivity contribution in [2.45, 2.75) is 34.1 Å². The summed E-state index contributed by atoms with van der Waals surface area (Å²) in [6.45, 7) is 8.20. The molecule has 0 fully saturated rings. The van der Waals surface area contributed by atoms with Gasteiger partial charge in [0, 0.05) is 5.56 Å². The fourth-order valence-corrected chi connectivity index (χ4v) is 3.05. The standard InChI is InChI=1S/C15H17IN2O/c1-5-11-13(16)15(19)18-14(17-11)12-9(3)6-8(2)7-10(12)4/h6-7H,5H2,1-4H3,(H,17,18,19). The molecule has 2 rings (SSSR count). The van der Waals surface area contributed by atoms with Gasteiger partial charge in [0.2, 0.25) is 0 Å². The molecule has 0 radical (unpaired) electrons. The summed E-state index contributed by atoms with van der Waals surface area (Å²) in [5.74, 6) is 0.678. The third-order valence-electron chi connectivity index (χ3n) is 3.18. The molecule has 0 atom stereocenters. The Bertz CT molecular complexity index is 666. The first kappa shape index (κ1) is 14.2. The first-order valence-corrected chi connectivity index (χ1v) is 7.38. The largest absolute Gasteiger partial charge is 0.306 e. The fraction of sp³-hybridized carbons (Fsp3) is 0.333. The molecule has 4 heteroatoms. The molecular formula is C15H17IN2O. The lowest BCUT2D eigenvalue weighted by Crippen LogP contribution is -2.16. The van der Waals surface area contributed by atoms with Gasteiger partial charge in [0.15, 0.2) is 0 Å². The third kappa shape index (κ3) is 2.73. The Morgan fingerprint density at radius 3 is 2.32 bits per heavy atom. The molecule has 2 aromatic rings. The highest BCUT2D eigenvalue weighted by molar-refractivity contribution is 14.1. The van der Waals surface area contributed by atoms with Crippen LogP contribution in [0, 0.1) is 24.3 Å². The maximum Gasteiger partial charge on any atom is 0.264 e. The molecule has 0 bridgehead atoms. The average Bonchev–Trinajstić information content (AvgIpc) is 2.32. The first-order chi connectivity index (χ1) is 8.93. The van der Waals surface area contributed by atoms with Crippen molar-refractivity contribution in [1.29, 1.82) is 0 Å². The average molecular weight is 368 g/mol. The van der Waals surface area contributed by atoms with Crippen LogP contribution in [0.3, 0.4) is 0 Å². The molecule has 19 heavy (non-hydrogen) atoms. The molecule has 1 heterocycles. The van der Waals surface area contributed by atoms with Crippen molar-refractivity contribution in [3.63, 3.8) is 0 Å². The molecule has 0 unspecified atom stereocenters. The van der Waals surface area contributed by atoms with Gasteiger partial charge in [0.1, 0.15) is 5.82 Å². The maximum atomic E-state index is 12.0. The van der Waals surface area contributed by atoms with E-state index in [0.717, 1.165) is 28.8 Å². The van der Waals surface area contributed by atoms with Crippen molar-refractivity contribution in [2.24, 2.45) is 0 Å². The number of aromatic nitrogens is 2. The Hall–Kier alpha value is -1.17. The van der Waals surface area contributed by atoms with Crippen molar-refractivity contribution < 1.29 is 0 Å². The summed E-state index contributed by atoms with van der Waals surface area (Å²) < 4.78 is 0.686. The van der Waals surface area contributed by atoms with Gasteiger partial charge in [-0.3, -0.25) is 4.79 Å². The zero-order valence-corrected chi connectivity index (χ0v) is 13.8. The van der Waals surface area contributed by atoms with E-state index >= 15 is 0 Å². The second-order valence-electron chi connectivity index (χ2n) is 4.80. The minimum Gasteiger partial charge on any atom is -0.306 e. The molecule has 1 aromatic heterocycles. The van der Waals surface area contributed by atoms with Gasteiger partial charge in [-0.15, -0.1) is 0 Å². The molecule has 0 aliphatic rings. The Morgan fingerprint density at radius 2 is 1.79 bits per heavy atom. The highest BCUT2D eigenvalue weighted by Crippen LogP contribution is 2.25. The molecule has 100 valence electrons. The van der Waals surface area contributed by atoms with Crippen molar-refractivity contribution in [3.05, 3.63) is 48.4 Å². The van der Waals surface area contributed by atoms with Gasteiger partial charge in [-0.2, -0.15) is 0 Å². The third-order valence-corrected chi connectivity index (χ3v) is 4.29. The molecule has 0 saturated carbocycles. The molecule has 3 nitrogen and oxygen atoms in total. The van der Waals surface area contributed by atoms with E-state index in [2.05, 4.69) is 65.5 Å². The van der Waals surface area contributed by atoms with Crippen LogP contribution in [0.25, 0.3) is 11.4 Å². The van der Waals surface area contributed by atoms with E-state index in [9.17, 15) is 4.79 Å². The number of hydrogen-bond donors (Lipinski definition) is 1. The van der Waals surface area contributed by atoms with Crippen molar-refractivity contribution in [2.75, 3.05) is 0 Å². The number of aryl methyl sites for hydroxylation is 4.